The van der Waals surface area contributed by atoms with Gasteiger partial charge in [-0.3, -0.25) is 9.59 Å². The molecular weight excluding hydrogens is 507 g/mol. The highest BCUT2D eigenvalue weighted by Gasteiger charge is 2.44. The van der Waals surface area contributed by atoms with Crippen LogP contribution in [0.15, 0.2) is 71.4 Å². The molecule has 1 aliphatic heterocycles. The highest BCUT2D eigenvalue weighted by Crippen LogP contribution is 2.42. The number of thiophene rings is 1. The van der Waals surface area contributed by atoms with Gasteiger partial charge in [0.2, 0.25) is 5.78 Å². The molecule has 2 N–H and O–H groups in total. The monoisotopic (exact) mass is 526 g/mol. The van der Waals surface area contributed by atoms with Crippen molar-refractivity contribution >= 4 is 57.1 Å². The number of hydrogen-bond acceptors (Lipinski definition) is 5. The van der Waals surface area contributed by atoms with E-state index in [0.717, 1.165) is 22.2 Å². The number of aromatic amines is 1. The van der Waals surface area contributed by atoms with Crippen molar-refractivity contribution in [2.24, 2.45) is 0 Å². The van der Waals surface area contributed by atoms with Gasteiger partial charge >= 0.3 is 0 Å². The summed E-state index contributed by atoms with van der Waals surface area (Å²) < 4.78 is 5.35. The topological polar surface area (TPSA) is 82.6 Å². The molecule has 178 valence electrons. The fourth-order valence-corrected chi connectivity index (χ4v) is 5.63. The number of aliphatic hydroxyl groups is 1. The smallest absolute Gasteiger partial charge is 0.290 e. The van der Waals surface area contributed by atoms with Crippen molar-refractivity contribution in [2.75, 3.05) is 13.7 Å². The Hall–Kier alpha value is -3.26. The molecule has 1 atom stereocenters. The number of nitrogens with one attached hydrogen (secondary N) is 1. The zero-order chi connectivity index (χ0) is 24.7. The first-order valence-electron chi connectivity index (χ1n) is 10.8. The average molecular weight is 527 g/mol. The number of aliphatic hydroxyl groups excluding tert-OH is 1. The second-order valence-electron chi connectivity index (χ2n) is 8.11. The summed E-state index contributed by atoms with van der Waals surface area (Å²) in [7, 11) is 1.61. The number of amides is 1. The Bertz CT molecular complexity index is 1480. The molecule has 6 nitrogen and oxygen atoms in total. The highest BCUT2D eigenvalue weighted by atomic mass is 35.5. The highest BCUT2D eigenvalue weighted by molar-refractivity contribution is 7.12. The molecule has 2 aromatic carbocycles. The van der Waals surface area contributed by atoms with E-state index in [1.54, 1.807) is 42.8 Å². The molecule has 0 saturated carbocycles. The summed E-state index contributed by atoms with van der Waals surface area (Å²) in [6, 6.07) is 13.2. The van der Waals surface area contributed by atoms with E-state index in [4.69, 9.17) is 27.9 Å². The van der Waals surface area contributed by atoms with Gasteiger partial charge in [0, 0.05) is 33.7 Å². The van der Waals surface area contributed by atoms with Gasteiger partial charge in [-0.2, -0.15) is 0 Å². The molecule has 0 aliphatic carbocycles. The maximum atomic E-state index is 13.4. The van der Waals surface area contributed by atoms with Crippen LogP contribution in [0.1, 0.15) is 26.8 Å². The Labute approximate surface area is 215 Å². The number of halogens is 2. The summed E-state index contributed by atoms with van der Waals surface area (Å²) in [6.07, 6.45) is 2.37. The van der Waals surface area contributed by atoms with Gasteiger partial charge in [0.1, 0.15) is 5.75 Å². The van der Waals surface area contributed by atoms with Crippen molar-refractivity contribution < 1.29 is 19.4 Å². The van der Waals surface area contributed by atoms with E-state index < -0.39 is 23.5 Å². The quantitative estimate of drug-likeness (QED) is 0.274. The van der Waals surface area contributed by atoms with E-state index in [1.165, 1.54) is 16.2 Å². The number of H-pyrrole nitrogens is 1. The Kier molecular flexibility index (Phi) is 6.32. The molecule has 0 bridgehead atoms. The summed E-state index contributed by atoms with van der Waals surface area (Å²) in [6.45, 7) is 0.248. The minimum atomic E-state index is -0.846. The number of aromatic nitrogens is 1. The molecule has 0 fully saturated rings. The van der Waals surface area contributed by atoms with Crippen LogP contribution in [0.25, 0.3) is 10.9 Å². The number of carbonyl (C=O) groups excluding carboxylic acids is 2. The van der Waals surface area contributed by atoms with E-state index in [-0.39, 0.29) is 12.1 Å². The molecule has 1 aliphatic rings. The first-order chi connectivity index (χ1) is 16.9. The standard InChI is InChI=1S/C26H20Cl2N2O4S/c1-34-16-5-7-20-18(12-16)14(13-29-20)8-9-30-23(17-6-4-15(27)11-19(17)28)22(25(32)26(30)33)24(31)21-3-2-10-35-21/h2-7,10-13,23,29,32H,8-9H2,1H3. The van der Waals surface area contributed by atoms with Crippen molar-refractivity contribution in [3.05, 3.63) is 97.5 Å². The average Bonchev–Trinajstić information content (AvgIpc) is 3.57. The Morgan fingerprint density at radius 3 is 2.74 bits per heavy atom. The molecule has 0 radical (unpaired) electrons. The molecular formula is C26H20Cl2N2O4S. The number of hydrogen-bond donors (Lipinski definition) is 2. The van der Waals surface area contributed by atoms with E-state index >= 15 is 0 Å². The van der Waals surface area contributed by atoms with E-state index in [0.29, 0.717) is 26.9 Å². The number of nitrogens with zero attached hydrogens (tertiary/aromatic N) is 1. The van der Waals surface area contributed by atoms with Gasteiger partial charge in [0.05, 0.1) is 23.6 Å². The second-order valence-corrected chi connectivity index (χ2v) is 9.90. The lowest BCUT2D eigenvalue weighted by atomic mass is 9.95. The Morgan fingerprint density at radius 1 is 1.20 bits per heavy atom. The SMILES string of the molecule is COc1ccc2[nH]cc(CCN3C(=O)C(O)=C(C(=O)c4cccs4)C3c3ccc(Cl)cc3Cl)c2c1. The van der Waals surface area contributed by atoms with Crippen molar-refractivity contribution in [1.82, 2.24) is 9.88 Å². The fourth-order valence-electron chi connectivity index (χ4n) is 4.44. The van der Waals surface area contributed by atoms with Gasteiger partial charge in [0.15, 0.2) is 5.76 Å². The zero-order valence-electron chi connectivity index (χ0n) is 18.5. The third kappa shape index (κ3) is 4.20. The predicted octanol–water partition coefficient (Wildman–Crippen LogP) is 6.37. The lowest BCUT2D eigenvalue weighted by Crippen LogP contribution is -2.33. The van der Waals surface area contributed by atoms with E-state index in [2.05, 4.69) is 4.98 Å². The lowest BCUT2D eigenvalue weighted by Gasteiger charge is -2.27. The third-order valence-corrected chi connectivity index (χ3v) is 7.58. The van der Waals surface area contributed by atoms with Crippen LogP contribution in [0.5, 0.6) is 5.75 Å². The van der Waals surface area contributed by atoms with Gasteiger partial charge in [-0.15, -0.1) is 11.3 Å². The molecule has 5 rings (SSSR count). The number of benzene rings is 2. The lowest BCUT2D eigenvalue weighted by molar-refractivity contribution is -0.129. The molecule has 1 unspecified atom stereocenters. The number of rotatable bonds is 7. The van der Waals surface area contributed by atoms with Gasteiger partial charge < -0.3 is 19.7 Å². The predicted molar refractivity (Wildman–Crippen MR) is 138 cm³/mol. The fraction of sp³-hybridized carbons (Fsp3) is 0.154. The normalized spacial score (nSPS) is 15.9. The summed E-state index contributed by atoms with van der Waals surface area (Å²) in [5, 5.41) is 14.3. The molecule has 4 aromatic rings. The molecule has 9 heteroatoms. The van der Waals surface area contributed by atoms with Crippen LogP contribution < -0.4 is 4.74 Å². The van der Waals surface area contributed by atoms with Gasteiger partial charge in [-0.25, -0.2) is 0 Å². The van der Waals surface area contributed by atoms with Crippen LogP contribution in [0.3, 0.4) is 0 Å². The van der Waals surface area contributed by atoms with Crippen LogP contribution in [0.4, 0.5) is 0 Å². The van der Waals surface area contributed by atoms with Gasteiger partial charge in [0.25, 0.3) is 5.91 Å². The van der Waals surface area contributed by atoms with Crippen LogP contribution in [0, 0.1) is 0 Å². The molecule has 0 saturated heterocycles. The molecule has 2 aromatic heterocycles. The Morgan fingerprint density at radius 2 is 2.03 bits per heavy atom. The van der Waals surface area contributed by atoms with Crippen molar-refractivity contribution in [3.63, 3.8) is 0 Å². The largest absolute Gasteiger partial charge is 0.503 e. The Balaban J connectivity index is 1.53. The van der Waals surface area contributed by atoms with Crippen LogP contribution >= 0.6 is 34.5 Å². The zero-order valence-corrected chi connectivity index (χ0v) is 20.9. The molecule has 0 spiro atoms. The summed E-state index contributed by atoms with van der Waals surface area (Å²) in [5.74, 6) is -0.843. The first kappa shape index (κ1) is 23.5. The summed E-state index contributed by atoms with van der Waals surface area (Å²) in [5.41, 5.74) is 2.46. The summed E-state index contributed by atoms with van der Waals surface area (Å²) in [4.78, 5) is 31.8. The minimum Gasteiger partial charge on any atom is -0.503 e. The van der Waals surface area contributed by atoms with Gasteiger partial charge in [-0.05, 0) is 59.3 Å². The van der Waals surface area contributed by atoms with Crippen molar-refractivity contribution in [1.29, 1.82) is 0 Å². The van der Waals surface area contributed by atoms with Gasteiger partial charge in [-0.1, -0.05) is 35.3 Å². The number of methoxy groups -OCH3 is 1. The summed E-state index contributed by atoms with van der Waals surface area (Å²) >= 11 is 13.9. The van der Waals surface area contributed by atoms with Crippen LogP contribution in [0.2, 0.25) is 10.0 Å². The second kappa shape index (κ2) is 9.41. The number of fused-ring (bicyclic) bond motifs is 1. The van der Waals surface area contributed by atoms with E-state index in [9.17, 15) is 14.7 Å². The van der Waals surface area contributed by atoms with Crippen molar-refractivity contribution in [3.8, 4) is 5.75 Å². The van der Waals surface area contributed by atoms with Crippen LogP contribution in [-0.2, 0) is 11.2 Å². The van der Waals surface area contributed by atoms with Crippen LogP contribution in [-0.4, -0.2) is 40.3 Å². The first-order valence-corrected chi connectivity index (χ1v) is 12.4. The van der Waals surface area contributed by atoms with Crippen molar-refractivity contribution in [2.45, 2.75) is 12.5 Å². The maximum Gasteiger partial charge on any atom is 0.290 e. The van der Waals surface area contributed by atoms with E-state index in [1.807, 2.05) is 24.4 Å². The number of ether oxygens (including phenoxy) is 1. The number of ketones is 1. The molecule has 35 heavy (non-hydrogen) atoms. The maximum absolute atomic E-state index is 13.4. The minimum absolute atomic E-state index is 0.0160. The molecule has 1 amide bonds. The number of Topliss-reactive ketones (excluding diaryl/α,β-unsaturated/α-hetero) is 1. The third-order valence-electron chi connectivity index (χ3n) is 6.15. The molecule has 3 heterocycles. The number of carbonyl (C=O) groups is 2.